The third-order valence-electron chi connectivity index (χ3n) is 5.99. The lowest BCUT2D eigenvalue weighted by molar-refractivity contribution is -0.137. The highest BCUT2D eigenvalue weighted by molar-refractivity contribution is 6.04. The van der Waals surface area contributed by atoms with Crippen LogP contribution in [-0.2, 0) is 11.0 Å². The average Bonchev–Trinajstić information content (AvgIpc) is 3.11. The van der Waals surface area contributed by atoms with Gasteiger partial charge in [-0.2, -0.15) is 13.2 Å². The fraction of sp³-hybridized carbons (Fsp3) is 0.462. The summed E-state index contributed by atoms with van der Waals surface area (Å²) in [5, 5.41) is 0. The number of aliphatic imine (C=N–C) groups is 1. The largest absolute Gasteiger partial charge is 0.497 e. The third kappa shape index (κ3) is 5.71. The van der Waals surface area contributed by atoms with Gasteiger partial charge in [-0.15, -0.1) is 0 Å². The van der Waals surface area contributed by atoms with Gasteiger partial charge in [0, 0.05) is 32.6 Å². The molecule has 0 aromatic heterocycles. The molecular weight excluding hydrogens is 459 g/mol. The maximum Gasteiger partial charge on any atom is 0.416 e. The van der Waals surface area contributed by atoms with E-state index in [1.807, 2.05) is 30.6 Å². The minimum absolute atomic E-state index is 0.104. The first kappa shape index (κ1) is 24.9. The molecule has 1 fully saturated rings. The van der Waals surface area contributed by atoms with Gasteiger partial charge in [-0.05, 0) is 48.2 Å². The standard InChI is InChI=1S/C26H30F3N3O3/c1-25(2,3)16-23(33)31-10-5-11-32(13-12-31)24-19-15-18(34-4)7-9-21(19)35-22-8-6-17(26(27,28)29)14-20(22)30-24/h6-9,14-15H,5,10-13,16H2,1-4H3. The Hall–Kier alpha value is -3.23. The molecule has 0 radical (unpaired) electrons. The van der Waals surface area contributed by atoms with Crippen LogP contribution >= 0.6 is 0 Å². The normalized spacial score (nSPS) is 16.4. The second kappa shape index (κ2) is 9.43. The van der Waals surface area contributed by atoms with Crippen molar-refractivity contribution in [2.45, 2.75) is 39.8 Å². The quantitative estimate of drug-likeness (QED) is 0.530. The molecule has 4 rings (SSSR count). The number of ether oxygens (including phenoxy) is 2. The molecule has 2 aliphatic rings. The van der Waals surface area contributed by atoms with E-state index in [2.05, 4.69) is 4.99 Å². The smallest absolute Gasteiger partial charge is 0.416 e. The number of alkyl halides is 3. The number of nitrogens with zero attached hydrogens (tertiary/aromatic N) is 3. The van der Waals surface area contributed by atoms with Crippen molar-refractivity contribution in [2.24, 2.45) is 10.4 Å². The maximum atomic E-state index is 13.4. The predicted octanol–water partition coefficient (Wildman–Crippen LogP) is 5.87. The van der Waals surface area contributed by atoms with Gasteiger partial charge in [-0.1, -0.05) is 20.8 Å². The Morgan fingerprint density at radius 2 is 1.77 bits per heavy atom. The number of carbonyl (C=O) groups excluding carboxylic acids is 1. The van der Waals surface area contributed by atoms with Gasteiger partial charge in [-0.3, -0.25) is 4.79 Å². The molecule has 0 bridgehead atoms. The Bertz CT molecular complexity index is 1140. The van der Waals surface area contributed by atoms with E-state index in [1.54, 1.807) is 25.3 Å². The Kier molecular flexibility index (Phi) is 6.71. The van der Waals surface area contributed by atoms with E-state index in [4.69, 9.17) is 9.47 Å². The number of hydrogen-bond donors (Lipinski definition) is 0. The van der Waals surface area contributed by atoms with Gasteiger partial charge < -0.3 is 19.3 Å². The molecule has 0 N–H and O–H groups in total. The SMILES string of the molecule is COc1ccc2c(c1)C(N1CCCN(C(=O)CC(C)(C)C)CC1)=Nc1cc(C(F)(F)F)ccc1O2. The van der Waals surface area contributed by atoms with Crippen molar-refractivity contribution < 1.29 is 27.4 Å². The van der Waals surface area contributed by atoms with E-state index in [-0.39, 0.29) is 22.8 Å². The summed E-state index contributed by atoms with van der Waals surface area (Å²) in [5.41, 5.74) is -0.166. The van der Waals surface area contributed by atoms with Crippen LogP contribution in [0.3, 0.4) is 0 Å². The molecule has 1 saturated heterocycles. The first-order valence-electron chi connectivity index (χ1n) is 11.6. The highest BCUT2D eigenvalue weighted by atomic mass is 19.4. The Balaban J connectivity index is 1.71. The average molecular weight is 490 g/mol. The van der Waals surface area contributed by atoms with E-state index in [0.717, 1.165) is 12.1 Å². The minimum Gasteiger partial charge on any atom is -0.497 e. The molecule has 1 amide bonds. The summed E-state index contributed by atoms with van der Waals surface area (Å²) in [5.74, 6) is 1.91. The van der Waals surface area contributed by atoms with Crippen LogP contribution in [0, 0.1) is 5.41 Å². The molecule has 6 nitrogen and oxygen atoms in total. The lowest BCUT2D eigenvalue weighted by Gasteiger charge is -2.27. The number of amides is 1. The van der Waals surface area contributed by atoms with E-state index in [9.17, 15) is 18.0 Å². The highest BCUT2D eigenvalue weighted by Gasteiger charge is 2.33. The summed E-state index contributed by atoms with van der Waals surface area (Å²) < 4.78 is 51.6. The molecule has 2 heterocycles. The van der Waals surface area contributed by atoms with Crippen LogP contribution in [0.2, 0.25) is 0 Å². The highest BCUT2D eigenvalue weighted by Crippen LogP contribution is 2.42. The zero-order valence-corrected chi connectivity index (χ0v) is 20.4. The maximum absolute atomic E-state index is 13.4. The van der Waals surface area contributed by atoms with Gasteiger partial charge >= 0.3 is 6.18 Å². The Morgan fingerprint density at radius 1 is 1.03 bits per heavy atom. The molecule has 0 spiro atoms. The van der Waals surface area contributed by atoms with Crippen LogP contribution in [-0.4, -0.2) is 54.8 Å². The Morgan fingerprint density at radius 3 is 2.46 bits per heavy atom. The van der Waals surface area contributed by atoms with Gasteiger partial charge in [-0.25, -0.2) is 4.99 Å². The number of carbonyl (C=O) groups is 1. The molecule has 0 unspecified atom stereocenters. The number of benzene rings is 2. The van der Waals surface area contributed by atoms with Crippen molar-refractivity contribution in [2.75, 3.05) is 33.3 Å². The first-order chi connectivity index (χ1) is 16.4. The Labute approximate surface area is 203 Å². The number of halogens is 3. The number of methoxy groups -OCH3 is 1. The third-order valence-corrected chi connectivity index (χ3v) is 5.99. The van der Waals surface area contributed by atoms with E-state index in [0.29, 0.717) is 61.9 Å². The molecule has 2 aromatic rings. The van der Waals surface area contributed by atoms with Crippen LogP contribution in [0.5, 0.6) is 17.2 Å². The van der Waals surface area contributed by atoms with Crippen molar-refractivity contribution in [3.8, 4) is 17.2 Å². The first-order valence-corrected chi connectivity index (χ1v) is 11.6. The lowest BCUT2D eigenvalue weighted by Crippen LogP contribution is -2.38. The number of fused-ring (bicyclic) bond motifs is 2. The lowest BCUT2D eigenvalue weighted by atomic mass is 9.91. The summed E-state index contributed by atoms with van der Waals surface area (Å²) in [4.78, 5) is 21.4. The summed E-state index contributed by atoms with van der Waals surface area (Å²) in [6, 6.07) is 8.54. The minimum atomic E-state index is -4.50. The fourth-order valence-corrected chi connectivity index (χ4v) is 4.25. The summed E-state index contributed by atoms with van der Waals surface area (Å²) in [6.45, 7) is 8.33. The second-order valence-electron chi connectivity index (χ2n) is 10.0. The second-order valence-corrected chi connectivity index (χ2v) is 10.0. The summed E-state index contributed by atoms with van der Waals surface area (Å²) in [6.07, 6.45) is -3.33. The van der Waals surface area contributed by atoms with Crippen LogP contribution in [0.15, 0.2) is 41.4 Å². The number of rotatable bonds is 2. The molecular formula is C26H30F3N3O3. The molecule has 188 valence electrons. The van der Waals surface area contributed by atoms with Crippen molar-refractivity contribution in [3.05, 3.63) is 47.5 Å². The van der Waals surface area contributed by atoms with Gasteiger partial charge in [0.15, 0.2) is 5.75 Å². The fourth-order valence-electron chi connectivity index (χ4n) is 4.25. The van der Waals surface area contributed by atoms with Crippen molar-refractivity contribution in [3.63, 3.8) is 0 Å². The van der Waals surface area contributed by atoms with Gasteiger partial charge in [0.2, 0.25) is 5.91 Å². The molecule has 2 aromatic carbocycles. The van der Waals surface area contributed by atoms with E-state index < -0.39 is 11.7 Å². The molecule has 9 heteroatoms. The van der Waals surface area contributed by atoms with E-state index >= 15 is 0 Å². The van der Waals surface area contributed by atoms with Crippen LogP contribution in [0.1, 0.15) is 44.7 Å². The van der Waals surface area contributed by atoms with Crippen molar-refractivity contribution >= 4 is 17.4 Å². The molecule has 35 heavy (non-hydrogen) atoms. The summed E-state index contributed by atoms with van der Waals surface area (Å²) >= 11 is 0. The number of amidine groups is 1. The predicted molar refractivity (Wildman–Crippen MR) is 128 cm³/mol. The van der Waals surface area contributed by atoms with Crippen LogP contribution in [0.25, 0.3) is 0 Å². The summed E-state index contributed by atoms with van der Waals surface area (Å²) in [7, 11) is 1.55. The van der Waals surface area contributed by atoms with Gasteiger partial charge in [0.05, 0.1) is 18.2 Å². The van der Waals surface area contributed by atoms with E-state index in [1.165, 1.54) is 6.07 Å². The van der Waals surface area contributed by atoms with Crippen molar-refractivity contribution in [1.29, 1.82) is 0 Å². The molecule has 0 atom stereocenters. The monoisotopic (exact) mass is 489 g/mol. The number of hydrogen-bond acceptors (Lipinski definition) is 5. The van der Waals surface area contributed by atoms with Crippen molar-refractivity contribution in [1.82, 2.24) is 9.80 Å². The topological polar surface area (TPSA) is 54.4 Å². The van der Waals surface area contributed by atoms with Gasteiger partial charge in [0.25, 0.3) is 0 Å². The molecule has 0 saturated carbocycles. The zero-order chi connectivity index (χ0) is 25.4. The molecule has 2 aliphatic heterocycles. The zero-order valence-electron chi connectivity index (χ0n) is 20.4. The van der Waals surface area contributed by atoms with Crippen LogP contribution < -0.4 is 9.47 Å². The van der Waals surface area contributed by atoms with Gasteiger partial charge in [0.1, 0.15) is 23.0 Å². The molecule has 0 aliphatic carbocycles. The van der Waals surface area contributed by atoms with Crippen LogP contribution in [0.4, 0.5) is 18.9 Å².